The van der Waals surface area contributed by atoms with E-state index >= 15 is 0 Å². The van der Waals surface area contributed by atoms with Gasteiger partial charge < -0.3 is 10.0 Å². The summed E-state index contributed by atoms with van der Waals surface area (Å²) in [6.45, 7) is 1.59. The number of rotatable bonds is 3. The van der Waals surface area contributed by atoms with Gasteiger partial charge in [-0.25, -0.2) is 22.9 Å². The van der Waals surface area contributed by atoms with Gasteiger partial charge in [0.05, 0.1) is 11.3 Å². The van der Waals surface area contributed by atoms with Crippen molar-refractivity contribution in [2.75, 3.05) is 24.2 Å². The fourth-order valence-corrected chi connectivity index (χ4v) is 3.04. The fourth-order valence-electron chi connectivity index (χ4n) is 2.08. The number of halogens is 4. The van der Waals surface area contributed by atoms with Gasteiger partial charge in [0, 0.05) is 25.3 Å². The molecule has 1 saturated heterocycles. The predicted molar refractivity (Wildman–Crippen MR) is 86.2 cm³/mol. The summed E-state index contributed by atoms with van der Waals surface area (Å²) in [5, 5.41) is 7.74. The normalized spacial score (nSPS) is 16.1. The molecular formula is C13H17ClF3N3O4S. The largest absolute Gasteiger partial charge is 0.490 e. The maximum atomic E-state index is 11.1. The molecule has 0 unspecified atom stereocenters. The summed E-state index contributed by atoms with van der Waals surface area (Å²) >= 11 is 5.79. The maximum absolute atomic E-state index is 11.1. The predicted octanol–water partition coefficient (Wildman–Crippen LogP) is 1.89. The fraction of sp³-hybridized carbons (Fsp3) is 0.538. The van der Waals surface area contributed by atoms with E-state index in [2.05, 4.69) is 14.6 Å². The third-order valence-electron chi connectivity index (χ3n) is 3.15. The molecule has 2 rings (SSSR count). The van der Waals surface area contributed by atoms with Crippen molar-refractivity contribution in [2.24, 2.45) is 0 Å². The molecule has 2 heterocycles. The van der Waals surface area contributed by atoms with Crippen LogP contribution in [0.4, 0.5) is 19.0 Å². The van der Waals surface area contributed by atoms with E-state index in [0.29, 0.717) is 5.02 Å². The number of hydrogen-bond acceptors (Lipinski definition) is 5. The molecule has 25 heavy (non-hydrogen) atoms. The second-order valence-corrected chi connectivity index (χ2v) is 7.51. The summed E-state index contributed by atoms with van der Waals surface area (Å²) in [6.07, 6.45) is -0.688. The van der Waals surface area contributed by atoms with E-state index in [9.17, 15) is 21.6 Å². The molecule has 1 fully saturated rings. The monoisotopic (exact) mass is 403 g/mol. The third kappa shape index (κ3) is 8.36. The molecule has 1 aliphatic heterocycles. The lowest BCUT2D eigenvalue weighted by Crippen LogP contribution is -2.44. The van der Waals surface area contributed by atoms with Crippen molar-refractivity contribution in [3.8, 4) is 0 Å². The number of hydrogen-bond donors (Lipinski definition) is 2. The van der Waals surface area contributed by atoms with Crippen LogP contribution < -0.4 is 9.62 Å². The highest BCUT2D eigenvalue weighted by atomic mass is 35.5. The Morgan fingerprint density at radius 3 is 2.24 bits per heavy atom. The Hall–Kier alpha value is -1.59. The third-order valence-corrected chi connectivity index (χ3v) is 4.14. The van der Waals surface area contributed by atoms with Crippen LogP contribution in [0.5, 0.6) is 0 Å². The van der Waals surface area contributed by atoms with Gasteiger partial charge in [-0.1, -0.05) is 11.6 Å². The van der Waals surface area contributed by atoms with Crippen LogP contribution in [0.25, 0.3) is 0 Å². The standard InChI is InChI=1S/C11H16ClN3O2S.C2HF3O2/c1-18(16,17)14-10-4-6-15(7-5-10)11-3-2-9(12)8-13-11;3-2(4,5)1(6)7/h2-3,8,10,14H,4-7H2,1H3;(H,6,7). The molecule has 7 nitrogen and oxygen atoms in total. The van der Waals surface area contributed by atoms with Crippen molar-refractivity contribution in [1.82, 2.24) is 9.71 Å². The SMILES string of the molecule is CS(=O)(=O)NC1CCN(c2ccc(Cl)cn2)CC1.O=C(O)C(F)(F)F. The first-order chi connectivity index (χ1) is 11.4. The van der Waals surface area contributed by atoms with Crippen LogP contribution in [-0.4, -0.2) is 56.0 Å². The van der Waals surface area contributed by atoms with E-state index in [1.165, 1.54) is 6.26 Å². The summed E-state index contributed by atoms with van der Waals surface area (Å²) in [5.41, 5.74) is 0. The number of nitrogens with zero attached hydrogens (tertiary/aromatic N) is 2. The Kier molecular flexibility index (Phi) is 7.44. The van der Waals surface area contributed by atoms with Gasteiger partial charge in [-0.05, 0) is 25.0 Å². The van der Waals surface area contributed by atoms with Crippen LogP contribution in [0, 0.1) is 0 Å². The average Bonchev–Trinajstić information content (AvgIpc) is 2.47. The van der Waals surface area contributed by atoms with E-state index in [1.807, 2.05) is 12.1 Å². The van der Waals surface area contributed by atoms with E-state index in [-0.39, 0.29) is 6.04 Å². The van der Waals surface area contributed by atoms with Gasteiger partial charge in [0.1, 0.15) is 5.82 Å². The summed E-state index contributed by atoms with van der Waals surface area (Å²) in [7, 11) is -3.11. The molecule has 0 amide bonds. The van der Waals surface area contributed by atoms with E-state index < -0.39 is 22.2 Å². The molecule has 1 aromatic heterocycles. The van der Waals surface area contributed by atoms with Crippen LogP contribution in [0.15, 0.2) is 18.3 Å². The van der Waals surface area contributed by atoms with Gasteiger partial charge in [0.2, 0.25) is 10.0 Å². The molecule has 0 bridgehead atoms. The zero-order valence-corrected chi connectivity index (χ0v) is 14.7. The number of anilines is 1. The van der Waals surface area contributed by atoms with Crippen molar-refractivity contribution >= 4 is 33.4 Å². The smallest absolute Gasteiger partial charge is 0.475 e. The molecule has 0 atom stereocenters. The minimum atomic E-state index is -5.08. The molecule has 1 aliphatic rings. The van der Waals surface area contributed by atoms with Crippen molar-refractivity contribution in [3.05, 3.63) is 23.4 Å². The van der Waals surface area contributed by atoms with Crippen molar-refractivity contribution in [2.45, 2.75) is 25.1 Å². The Bertz CT molecular complexity index is 675. The highest BCUT2D eigenvalue weighted by molar-refractivity contribution is 7.88. The summed E-state index contributed by atoms with van der Waals surface area (Å²) in [4.78, 5) is 15.3. The Morgan fingerprint density at radius 2 is 1.88 bits per heavy atom. The Labute approximate surface area is 147 Å². The van der Waals surface area contributed by atoms with E-state index in [1.54, 1.807) is 6.20 Å². The molecule has 0 spiro atoms. The molecule has 2 N–H and O–H groups in total. The molecule has 12 heteroatoms. The summed E-state index contributed by atoms with van der Waals surface area (Å²) in [5.74, 6) is -1.87. The van der Waals surface area contributed by atoms with E-state index in [4.69, 9.17) is 21.5 Å². The van der Waals surface area contributed by atoms with Gasteiger partial charge in [0.15, 0.2) is 0 Å². The topological polar surface area (TPSA) is 99.6 Å². The number of aliphatic carboxylic acids is 1. The lowest BCUT2D eigenvalue weighted by Gasteiger charge is -2.32. The number of pyridine rings is 1. The first kappa shape index (κ1) is 21.5. The van der Waals surface area contributed by atoms with Gasteiger partial charge >= 0.3 is 12.1 Å². The molecule has 0 radical (unpaired) electrons. The van der Waals surface area contributed by atoms with Crippen LogP contribution >= 0.6 is 11.6 Å². The first-order valence-corrected chi connectivity index (χ1v) is 9.29. The van der Waals surface area contributed by atoms with Crippen LogP contribution in [0.2, 0.25) is 5.02 Å². The van der Waals surface area contributed by atoms with Crippen LogP contribution in [0.3, 0.4) is 0 Å². The molecule has 0 aromatic carbocycles. The van der Waals surface area contributed by atoms with E-state index in [0.717, 1.165) is 31.7 Å². The minimum Gasteiger partial charge on any atom is -0.475 e. The highest BCUT2D eigenvalue weighted by Gasteiger charge is 2.38. The Morgan fingerprint density at radius 1 is 1.36 bits per heavy atom. The quantitative estimate of drug-likeness (QED) is 0.799. The summed E-state index contributed by atoms with van der Waals surface area (Å²) in [6, 6.07) is 3.72. The zero-order chi connectivity index (χ0) is 19.3. The minimum absolute atomic E-state index is 0.0311. The van der Waals surface area contributed by atoms with Gasteiger partial charge in [-0.3, -0.25) is 0 Å². The average molecular weight is 404 g/mol. The van der Waals surface area contributed by atoms with Crippen LogP contribution in [-0.2, 0) is 14.8 Å². The maximum Gasteiger partial charge on any atom is 0.490 e. The van der Waals surface area contributed by atoms with Crippen molar-refractivity contribution in [1.29, 1.82) is 0 Å². The van der Waals surface area contributed by atoms with Crippen molar-refractivity contribution in [3.63, 3.8) is 0 Å². The molecule has 0 saturated carbocycles. The Balaban J connectivity index is 0.000000381. The number of aromatic nitrogens is 1. The lowest BCUT2D eigenvalue weighted by molar-refractivity contribution is -0.192. The second kappa shape index (κ2) is 8.68. The molecule has 1 aromatic rings. The number of sulfonamides is 1. The number of piperidine rings is 1. The lowest BCUT2D eigenvalue weighted by atomic mass is 10.1. The van der Waals surface area contributed by atoms with Gasteiger partial charge in [-0.2, -0.15) is 13.2 Å². The van der Waals surface area contributed by atoms with Gasteiger partial charge in [-0.15, -0.1) is 0 Å². The van der Waals surface area contributed by atoms with Gasteiger partial charge in [0.25, 0.3) is 0 Å². The first-order valence-electron chi connectivity index (χ1n) is 7.02. The number of nitrogens with one attached hydrogen (secondary N) is 1. The highest BCUT2D eigenvalue weighted by Crippen LogP contribution is 2.19. The van der Waals surface area contributed by atoms with Crippen LogP contribution in [0.1, 0.15) is 12.8 Å². The molecule has 0 aliphatic carbocycles. The molecular weight excluding hydrogens is 387 g/mol. The second-order valence-electron chi connectivity index (χ2n) is 5.29. The van der Waals surface area contributed by atoms with Crippen molar-refractivity contribution < 1.29 is 31.5 Å². The summed E-state index contributed by atoms with van der Waals surface area (Å²) < 4.78 is 56.7. The molecule has 142 valence electrons. The number of carboxylic acids is 1. The number of carbonyl (C=O) groups is 1. The number of alkyl halides is 3. The zero-order valence-electron chi connectivity index (χ0n) is 13.1. The number of carboxylic acid groups (broad SMARTS) is 1.